The van der Waals surface area contributed by atoms with Crippen molar-refractivity contribution >= 4 is 59.1 Å². The summed E-state index contributed by atoms with van der Waals surface area (Å²) in [5.74, 6) is 5.68. The highest BCUT2D eigenvalue weighted by molar-refractivity contribution is 9.12. The molecule has 0 saturated carbocycles. The lowest BCUT2D eigenvalue weighted by molar-refractivity contribution is 0.551. The fraction of sp³-hybridized carbons (Fsp3) is 0.167. The molecule has 1 atom stereocenters. The van der Waals surface area contributed by atoms with Crippen molar-refractivity contribution in [3.63, 3.8) is 0 Å². The second-order valence-electron chi connectivity index (χ2n) is 3.79. The van der Waals surface area contributed by atoms with Gasteiger partial charge in [-0.15, -0.1) is 11.3 Å². The quantitative estimate of drug-likeness (QED) is 0.515. The number of hydrogen-bond acceptors (Lipinski definition) is 3. The lowest BCUT2D eigenvalue weighted by atomic mass is 10.0. The van der Waals surface area contributed by atoms with Crippen molar-refractivity contribution < 1.29 is 0 Å². The molecule has 6 heteroatoms. The Balaban J connectivity index is 2.25. The molecule has 0 aliphatic rings. The largest absolute Gasteiger partial charge is 0.271 e. The van der Waals surface area contributed by atoms with E-state index >= 15 is 0 Å². The third-order valence-electron chi connectivity index (χ3n) is 2.64. The lowest BCUT2D eigenvalue weighted by Crippen LogP contribution is -2.29. The standard InChI is InChI=1S/C12H11Br3N2S/c13-9-4-2-1-3-7(9)5-10(17-16)8-6-11(14)18-12(8)15/h1-4,6,10,17H,5,16H2. The normalized spacial score (nSPS) is 12.7. The Kier molecular flexibility index (Phi) is 5.41. The van der Waals surface area contributed by atoms with Gasteiger partial charge in [0.15, 0.2) is 0 Å². The van der Waals surface area contributed by atoms with Gasteiger partial charge in [0.05, 0.1) is 13.6 Å². The summed E-state index contributed by atoms with van der Waals surface area (Å²) in [6.45, 7) is 0. The topological polar surface area (TPSA) is 38.0 Å². The van der Waals surface area contributed by atoms with E-state index in [1.54, 1.807) is 11.3 Å². The number of benzene rings is 1. The molecule has 1 heterocycles. The number of hydrazine groups is 1. The summed E-state index contributed by atoms with van der Waals surface area (Å²) in [5, 5.41) is 0. The Morgan fingerprint density at radius 3 is 2.50 bits per heavy atom. The highest BCUT2D eigenvalue weighted by atomic mass is 79.9. The fourth-order valence-corrected chi connectivity index (χ4v) is 5.15. The summed E-state index contributed by atoms with van der Waals surface area (Å²) in [7, 11) is 0. The van der Waals surface area contributed by atoms with Crippen molar-refractivity contribution in [2.75, 3.05) is 0 Å². The van der Waals surface area contributed by atoms with Crippen LogP contribution in [-0.4, -0.2) is 0 Å². The smallest absolute Gasteiger partial charge is 0.0758 e. The molecular weight excluding hydrogens is 444 g/mol. The monoisotopic (exact) mass is 452 g/mol. The van der Waals surface area contributed by atoms with E-state index in [1.165, 1.54) is 11.1 Å². The van der Waals surface area contributed by atoms with Crippen LogP contribution in [0.3, 0.4) is 0 Å². The third kappa shape index (κ3) is 3.43. The minimum absolute atomic E-state index is 0.0839. The van der Waals surface area contributed by atoms with Crippen molar-refractivity contribution in [2.45, 2.75) is 12.5 Å². The molecule has 0 aliphatic heterocycles. The van der Waals surface area contributed by atoms with Gasteiger partial charge in [0.2, 0.25) is 0 Å². The molecule has 1 unspecified atom stereocenters. The van der Waals surface area contributed by atoms with Crippen LogP contribution in [0.5, 0.6) is 0 Å². The van der Waals surface area contributed by atoms with Crippen LogP contribution >= 0.6 is 59.1 Å². The molecule has 0 bridgehead atoms. The first-order valence-corrected chi connectivity index (χ1v) is 8.45. The summed E-state index contributed by atoms with van der Waals surface area (Å²) in [6, 6.07) is 10.4. The highest BCUT2D eigenvalue weighted by Gasteiger charge is 2.17. The van der Waals surface area contributed by atoms with Gasteiger partial charge in [-0.2, -0.15) is 0 Å². The first kappa shape index (κ1) is 14.7. The summed E-state index contributed by atoms with van der Waals surface area (Å²) in [5.41, 5.74) is 5.29. The molecule has 2 nitrogen and oxygen atoms in total. The van der Waals surface area contributed by atoms with Crippen molar-refractivity contribution in [3.05, 3.63) is 53.5 Å². The second kappa shape index (κ2) is 6.63. The van der Waals surface area contributed by atoms with E-state index in [4.69, 9.17) is 5.84 Å². The van der Waals surface area contributed by atoms with Crippen molar-refractivity contribution in [3.8, 4) is 0 Å². The Hall–Kier alpha value is 0.280. The van der Waals surface area contributed by atoms with Crippen molar-refractivity contribution in [1.29, 1.82) is 0 Å². The molecule has 0 spiro atoms. The van der Waals surface area contributed by atoms with Crippen LogP contribution in [0.2, 0.25) is 0 Å². The van der Waals surface area contributed by atoms with E-state index in [1.807, 2.05) is 18.2 Å². The van der Waals surface area contributed by atoms with Crippen LogP contribution in [0.15, 0.2) is 42.4 Å². The minimum atomic E-state index is 0.0839. The molecule has 0 radical (unpaired) electrons. The molecule has 96 valence electrons. The summed E-state index contributed by atoms with van der Waals surface area (Å²) in [4.78, 5) is 0. The van der Waals surface area contributed by atoms with Crippen LogP contribution in [-0.2, 0) is 6.42 Å². The van der Waals surface area contributed by atoms with Gasteiger partial charge in [-0.05, 0) is 61.5 Å². The number of hydrogen-bond donors (Lipinski definition) is 2. The molecule has 1 aromatic carbocycles. The van der Waals surface area contributed by atoms with Crippen molar-refractivity contribution in [1.82, 2.24) is 5.43 Å². The Morgan fingerprint density at radius 2 is 1.94 bits per heavy atom. The zero-order chi connectivity index (χ0) is 13.1. The van der Waals surface area contributed by atoms with Gasteiger partial charge in [0.1, 0.15) is 0 Å². The van der Waals surface area contributed by atoms with Crippen LogP contribution < -0.4 is 11.3 Å². The van der Waals surface area contributed by atoms with E-state index in [-0.39, 0.29) is 6.04 Å². The molecule has 0 amide bonds. The van der Waals surface area contributed by atoms with E-state index in [0.29, 0.717) is 0 Å². The fourth-order valence-electron chi connectivity index (χ4n) is 1.73. The molecule has 0 saturated heterocycles. The number of nitrogens with two attached hydrogens (primary N) is 1. The van der Waals surface area contributed by atoms with Crippen molar-refractivity contribution in [2.24, 2.45) is 5.84 Å². The van der Waals surface area contributed by atoms with E-state index in [9.17, 15) is 0 Å². The molecular formula is C12H11Br3N2S. The van der Waals surface area contributed by atoms with Gasteiger partial charge in [0.25, 0.3) is 0 Å². The predicted molar refractivity (Wildman–Crippen MR) is 87.6 cm³/mol. The molecule has 0 aliphatic carbocycles. The van der Waals surface area contributed by atoms with E-state index in [0.717, 1.165) is 18.5 Å². The highest BCUT2D eigenvalue weighted by Crippen LogP contribution is 2.36. The molecule has 0 fully saturated rings. The first-order valence-electron chi connectivity index (χ1n) is 5.26. The maximum atomic E-state index is 5.68. The van der Waals surface area contributed by atoms with Gasteiger partial charge in [0, 0.05) is 4.47 Å². The van der Waals surface area contributed by atoms with Crippen LogP contribution in [0.25, 0.3) is 0 Å². The minimum Gasteiger partial charge on any atom is -0.271 e. The van der Waals surface area contributed by atoms with Crippen LogP contribution in [0, 0.1) is 0 Å². The molecule has 3 N–H and O–H groups in total. The Morgan fingerprint density at radius 1 is 1.22 bits per heavy atom. The summed E-state index contributed by atoms with van der Waals surface area (Å²) in [6.07, 6.45) is 0.833. The van der Waals surface area contributed by atoms with Gasteiger partial charge in [-0.1, -0.05) is 34.1 Å². The maximum absolute atomic E-state index is 5.68. The number of rotatable bonds is 4. The molecule has 2 aromatic rings. The molecule has 18 heavy (non-hydrogen) atoms. The lowest BCUT2D eigenvalue weighted by Gasteiger charge is -2.16. The van der Waals surface area contributed by atoms with E-state index < -0.39 is 0 Å². The number of halogens is 3. The van der Waals surface area contributed by atoms with Gasteiger partial charge < -0.3 is 0 Å². The summed E-state index contributed by atoms with van der Waals surface area (Å²) >= 11 is 12.3. The summed E-state index contributed by atoms with van der Waals surface area (Å²) < 4.78 is 3.30. The average Bonchev–Trinajstić information content (AvgIpc) is 2.67. The SMILES string of the molecule is NNC(Cc1ccccc1Br)c1cc(Br)sc1Br. The zero-order valence-corrected chi connectivity index (χ0v) is 14.9. The maximum Gasteiger partial charge on any atom is 0.0758 e. The van der Waals surface area contributed by atoms with Gasteiger partial charge in [-0.3, -0.25) is 11.3 Å². The predicted octanol–water partition coefficient (Wildman–Crippen LogP) is 4.78. The van der Waals surface area contributed by atoms with Crippen LogP contribution in [0.1, 0.15) is 17.2 Å². The third-order valence-corrected chi connectivity index (χ3v) is 5.80. The van der Waals surface area contributed by atoms with Crippen LogP contribution in [0.4, 0.5) is 0 Å². The Labute approximate surface area is 135 Å². The van der Waals surface area contributed by atoms with Gasteiger partial charge in [-0.25, -0.2) is 0 Å². The Bertz CT molecular complexity index is 542. The van der Waals surface area contributed by atoms with Gasteiger partial charge >= 0.3 is 0 Å². The number of thiophene rings is 1. The zero-order valence-electron chi connectivity index (χ0n) is 9.29. The average molecular weight is 455 g/mol. The van der Waals surface area contributed by atoms with E-state index in [2.05, 4.69) is 65.3 Å². The first-order chi connectivity index (χ1) is 8.61. The number of nitrogens with one attached hydrogen (secondary N) is 1. The molecule has 2 rings (SSSR count). The molecule has 1 aromatic heterocycles. The second-order valence-corrected chi connectivity index (χ2v) is 8.40.